The van der Waals surface area contributed by atoms with E-state index in [1.165, 1.54) is 6.07 Å². The lowest BCUT2D eigenvalue weighted by Crippen LogP contribution is -2.31. The van der Waals surface area contributed by atoms with E-state index in [9.17, 15) is 4.39 Å². The van der Waals surface area contributed by atoms with E-state index in [-0.39, 0.29) is 11.9 Å². The molecule has 0 saturated heterocycles. The van der Waals surface area contributed by atoms with Gasteiger partial charge in [0.25, 0.3) is 0 Å². The molecule has 1 aromatic heterocycles. The highest BCUT2D eigenvalue weighted by molar-refractivity contribution is 7.09. The summed E-state index contributed by atoms with van der Waals surface area (Å²) in [6.07, 6.45) is 0. The molecule has 0 spiro atoms. The van der Waals surface area contributed by atoms with E-state index in [2.05, 4.69) is 4.98 Å². The van der Waals surface area contributed by atoms with Crippen LogP contribution in [0.1, 0.15) is 22.3 Å². The fraction of sp³-hybridized carbons (Fsp3) is 0.357. The van der Waals surface area contributed by atoms with E-state index in [4.69, 9.17) is 5.73 Å². The zero-order chi connectivity index (χ0) is 13.8. The third-order valence-electron chi connectivity index (χ3n) is 3.10. The molecular formula is C14H18FN3S. The number of nitrogens with two attached hydrogens (primary N) is 1. The first kappa shape index (κ1) is 14.1. The van der Waals surface area contributed by atoms with Crippen LogP contribution in [0.4, 0.5) is 4.39 Å². The molecule has 0 radical (unpaired) electrons. The first-order chi connectivity index (χ1) is 9.11. The highest BCUT2D eigenvalue weighted by Gasteiger charge is 2.19. The molecule has 0 fully saturated rings. The van der Waals surface area contributed by atoms with E-state index in [1.54, 1.807) is 23.5 Å². The highest BCUT2D eigenvalue weighted by atomic mass is 32.1. The molecule has 0 aliphatic carbocycles. The molecule has 2 aromatic rings. The summed E-state index contributed by atoms with van der Waals surface area (Å²) in [5.74, 6) is -0.209. The van der Waals surface area contributed by atoms with Gasteiger partial charge >= 0.3 is 0 Å². The van der Waals surface area contributed by atoms with E-state index in [1.807, 2.05) is 30.3 Å². The summed E-state index contributed by atoms with van der Waals surface area (Å²) in [4.78, 5) is 6.46. The molecule has 0 bridgehead atoms. The monoisotopic (exact) mass is 279 g/mol. The fourth-order valence-electron chi connectivity index (χ4n) is 2.14. The maximum atomic E-state index is 13.8. The van der Waals surface area contributed by atoms with Gasteiger partial charge < -0.3 is 5.73 Å². The Hall–Kier alpha value is -1.30. The number of aryl methyl sites for hydroxylation is 1. The molecule has 19 heavy (non-hydrogen) atoms. The molecular weight excluding hydrogens is 261 g/mol. The number of benzene rings is 1. The quantitative estimate of drug-likeness (QED) is 0.915. The normalized spacial score (nSPS) is 12.9. The minimum Gasteiger partial charge on any atom is -0.329 e. The Morgan fingerprint density at radius 3 is 2.74 bits per heavy atom. The summed E-state index contributed by atoms with van der Waals surface area (Å²) in [6.45, 7) is 3.02. The molecule has 5 heteroatoms. The molecule has 0 aliphatic heterocycles. The van der Waals surface area contributed by atoms with Crippen molar-refractivity contribution in [3.05, 3.63) is 51.7 Å². The van der Waals surface area contributed by atoms with Crippen molar-refractivity contribution in [1.29, 1.82) is 0 Å². The van der Waals surface area contributed by atoms with E-state index in [0.29, 0.717) is 18.7 Å². The van der Waals surface area contributed by atoms with Crippen LogP contribution < -0.4 is 5.73 Å². The van der Waals surface area contributed by atoms with E-state index in [0.717, 1.165) is 10.7 Å². The fourth-order valence-corrected chi connectivity index (χ4v) is 2.74. The Balaban J connectivity index is 2.15. The molecule has 2 N–H and O–H groups in total. The van der Waals surface area contributed by atoms with Gasteiger partial charge in [0.2, 0.25) is 0 Å². The molecule has 1 heterocycles. The van der Waals surface area contributed by atoms with Gasteiger partial charge in [-0.2, -0.15) is 0 Å². The van der Waals surface area contributed by atoms with Crippen LogP contribution in [-0.4, -0.2) is 23.5 Å². The molecule has 0 amide bonds. The number of rotatable bonds is 5. The molecule has 1 unspecified atom stereocenters. The van der Waals surface area contributed by atoms with E-state index >= 15 is 0 Å². The first-order valence-corrected chi connectivity index (χ1v) is 7.05. The SMILES string of the molecule is Cc1nc(CN(C)C(CN)c2ccccc2F)cs1. The van der Waals surface area contributed by atoms with Crippen molar-refractivity contribution in [2.75, 3.05) is 13.6 Å². The van der Waals surface area contributed by atoms with Crippen molar-refractivity contribution in [2.45, 2.75) is 19.5 Å². The maximum absolute atomic E-state index is 13.8. The van der Waals surface area contributed by atoms with Crippen molar-refractivity contribution in [3.8, 4) is 0 Å². The second-order valence-electron chi connectivity index (χ2n) is 4.55. The average molecular weight is 279 g/mol. The van der Waals surface area contributed by atoms with Crippen LogP contribution in [0.3, 0.4) is 0 Å². The smallest absolute Gasteiger partial charge is 0.128 e. The lowest BCUT2D eigenvalue weighted by Gasteiger charge is -2.27. The van der Waals surface area contributed by atoms with Crippen LogP contribution in [0.15, 0.2) is 29.6 Å². The van der Waals surface area contributed by atoms with Gasteiger partial charge in [0.15, 0.2) is 0 Å². The summed E-state index contributed by atoms with van der Waals surface area (Å²) < 4.78 is 13.8. The molecule has 1 atom stereocenters. The summed E-state index contributed by atoms with van der Waals surface area (Å²) >= 11 is 1.62. The minimum absolute atomic E-state index is 0.136. The Labute approximate surface area is 116 Å². The summed E-state index contributed by atoms with van der Waals surface area (Å²) in [7, 11) is 1.94. The molecule has 1 aromatic carbocycles. The van der Waals surface area contributed by atoms with Gasteiger partial charge in [-0.15, -0.1) is 11.3 Å². The number of thiazole rings is 1. The van der Waals surface area contributed by atoms with Gasteiger partial charge in [0.1, 0.15) is 5.82 Å². The summed E-state index contributed by atoms with van der Waals surface area (Å²) in [5.41, 5.74) is 7.45. The number of nitrogens with zero attached hydrogens (tertiary/aromatic N) is 2. The van der Waals surface area contributed by atoms with Crippen LogP contribution in [0.25, 0.3) is 0 Å². The van der Waals surface area contributed by atoms with E-state index < -0.39 is 0 Å². The molecule has 0 saturated carbocycles. The second kappa shape index (κ2) is 6.23. The summed E-state index contributed by atoms with van der Waals surface area (Å²) in [5, 5.41) is 3.07. The Kier molecular flexibility index (Phi) is 4.63. The zero-order valence-corrected chi connectivity index (χ0v) is 12.0. The zero-order valence-electron chi connectivity index (χ0n) is 11.1. The number of halogens is 1. The largest absolute Gasteiger partial charge is 0.329 e. The lowest BCUT2D eigenvalue weighted by molar-refractivity contribution is 0.234. The van der Waals surface area contributed by atoms with Gasteiger partial charge in [-0.3, -0.25) is 4.90 Å². The van der Waals surface area contributed by atoms with Crippen molar-refractivity contribution in [3.63, 3.8) is 0 Å². The minimum atomic E-state index is -0.209. The van der Waals surface area contributed by atoms with Crippen molar-refractivity contribution >= 4 is 11.3 Å². The number of hydrogen-bond acceptors (Lipinski definition) is 4. The van der Waals surface area contributed by atoms with Gasteiger partial charge in [-0.25, -0.2) is 9.37 Å². The topological polar surface area (TPSA) is 42.2 Å². The third-order valence-corrected chi connectivity index (χ3v) is 3.92. The maximum Gasteiger partial charge on any atom is 0.128 e. The third kappa shape index (κ3) is 3.37. The van der Waals surface area contributed by atoms with Crippen LogP contribution in [0, 0.1) is 12.7 Å². The molecule has 0 aliphatic rings. The first-order valence-electron chi connectivity index (χ1n) is 6.17. The second-order valence-corrected chi connectivity index (χ2v) is 5.61. The number of likely N-dealkylation sites (N-methyl/N-ethyl adjacent to an activating group) is 1. The predicted octanol–water partition coefficient (Wildman–Crippen LogP) is 2.72. The highest BCUT2D eigenvalue weighted by Crippen LogP contribution is 2.23. The molecule has 3 nitrogen and oxygen atoms in total. The standard InChI is InChI=1S/C14H18FN3S/c1-10-17-11(9-19-10)8-18(2)14(7-16)12-5-3-4-6-13(12)15/h3-6,9,14H,7-8,16H2,1-2H3. The predicted molar refractivity (Wildman–Crippen MR) is 76.5 cm³/mol. The Bertz CT molecular complexity index is 541. The Morgan fingerprint density at radius 2 is 2.16 bits per heavy atom. The average Bonchev–Trinajstić information content (AvgIpc) is 2.78. The van der Waals surface area contributed by atoms with Gasteiger partial charge in [0, 0.05) is 24.0 Å². The van der Waals surface area contributed by atoms with Crippen LogP contribution >= 0.6 is 11.3 Å². The van der Waals surface area contributed by atoms with Gasteiger partial charge in [-0.05, 0) is 20.0 Å². The van der Waals surface area contributed by atoms with Gasteiger partial charge in [-0.1, -0.05) is 18.2 Å². The van der Waals surface area contributed by atoms with Crippen LogP contribution in [-0.2, 0) is 6.54 Å². The van der Waals surface area contributed by atoms with Gasteiger partial charge in [0.05, 0.1) is 16.7 Å². The van der Waals surface area contributed by atoms with Crippen LogP contribution in [0.5, 0.6) is 0 Å². The lowest BCUT2D eigenvalue weighted by atomic mass is 10.1. The van der Waals surface area contributed by atoms with Crippen molar-refractivity contribution in [2.24, 2.45) is 5.73 Å². The number of hydrogen-bond donors (Lipinski definition) is 1. The number of aromatic nitrogens is 1. The molecule has 2 rings (SSSR count). The van der Waals surface area contributed by atoms with Crippen molar-refractivity contribution < 1.29 is 4.39 Å². The Morgan fingerprint density at radius 1 is 1.42 bits per heavy atom. The molecule has 102 valence electrons. The van der Waals surface area contributed by atoms with Crippen molar-refractivity contribution in [1.82, 2.24) is 9.88 Å². The van der Waals surface area contributed by atoms with Crippen LogP contribution in [0.2, 0.25) is 0 Å². The summed E-state index contributed by atoms with van der Waals surface area (Å²) in [6, 6.07) is 6.65.